The number of benzene rings is 4. The maximum Gasteiger partial charge on any atom is 0.432 e. The van der Waals surface area contributed by atoms with Gasteiger partial charge in [-0.3, -0.25) is 0 Å². The van der Waals surface area contributed by atoms with E-state index in [4.69, 9.17) is 5.26 Å². The van der Waals surface area contributed by atoms with Crippen molar-refractivity contribution >= 4 is 0 Å². The molecule has 238 valence electrons. The third kappa shape index (κ3) is 6.79. The molecule has 1 fully saturated rings. The van der Waals surface area contributed by atoms with E-state index in [1.165, 1.54) is 18.2 Å². The molecule has 0 heterocycles. The van der Waals surface area contributed by atoms with Crippen molar-refractivity contribution in [1.82, 2.24) is 0 Å². The summed E-state index contributed by atoms with van der Waals surface area (Å²) in [5, 5.41) is 8.80. The lowest BCUT2D eigenvalue weighted by atomic mass is 9.78. The molecule has 4 aromatic rings. The highest BCUT2D eigenvalue weighted by atomic mass is 19.3. The summed E-state index contributed by atoms with van der Waals surface area (Å²) in [5.74, 6) is -8.18. The zero-order valence-corrected chi connectivity index (χ0v) is 24.5. The van der Waals surface area contributed by atoms with E-state index in [0.29, 0.717) is 36.2 Å². The summed E-state index contributed by atoms with van der Waals surface area (Å²) in [4.78, 5) is 0. The minimum atomic E-state index is -4.64. The molecule has 0 unspecified atom stereocenters. The summed E-state index contributed by atoms with van der Waals surface area (Å²) < 4.78 is 123. The van der Waals surface area contributed by atoms with Crippen molar-refractivity contribution in [2.45, 2.75) is 51.1 Å². The maximum atomic E-state index is 15.2. The van der Waals surface area contributed by atoms with Gasteiger partial charge in [0.05, 0.1) is 0 Å². The highest BCUT2D eigenvalue weighted by molar-refractivity contribution is 5.67. The van der Waals surface area contributed by atoms with E-state index >= 15 is 22.0 Å². The van der Waals surface area contributed by atoms with Crippen LogP contribution in [0.5, 0.6) is 5.75 Å². The quantitative estimate of drug-likeness (QED) is 0.142. The van der Waals surface area contributed by atoms with Crippen LogP contribution in [0.15, 0.2) is 72.8 Å². The van der Waals surface area contributed by atoms with E-state index < -0.39 is 63.5 Å². The lowest BCUT2D eigenvalue weighted by Crippen LogP contribution is -2.25. The van der Waals surface area contributed by atoms with E-state index in [9.17, 15) is 13.2 Å². The molecule has 0 N–H and O–H groups in total. The predicted molar refractivity (Wildman–Crippen MR) is 157 cm³/mol. The van der Waals surface area contributed by atoms with Gasteiger partial charge in [-0.1, -0.05) is 31.2 Å². The molecule has 5 rings (SSSR count). The summed E-state index contributed by atoms with van der Waals surface area (Å²) in [5.41, 5.74) is -3.12. The molecule has 1 aliphatic rings. The lowest BCUT2D eigenvalue weighted by Gasteiger charge is -2.27. The molecule has 0 radical (unpaired) electrons. The zero-order valence-electron chi connectivity index (χ0n) is 24.5. The molecule has 0 aromatic heterocycles. The fourth-order valence-corrected chi connectivity index (χ4v) is 5.83. The average Bonchev–Trinajstić information content (AvgIpc) is 2.99. The number of allylic oxidation sites excluding steroid dienone is 2. The molecule has 0 saturated heterocycles. The first kappa shape index (κ1) is 32.7. The van der Waals surface area contributed by atoms with Gasteiger partial charge in [0.15, 0.2) is 0 Å². The Kier molecular flexibility index (Phi) is 9.52. The van der Waals surface area contributed by atoms with Crippen LogP contribution in [0.4, 0.5) is 35.1 Å². The lowest BCUT2D eigenvalue weighted by molar-refractivity contribution is -0.189. The highest BCUT2D eigenvalue weighted by Gasteiger charge is 2.41. The molecule has 0 spiro atoms. The van der Waals surface area contributed by atoms with E-state index in [0.717, 1.165) is 49.8 Å². The number of alkyl halides is 2. The van der Waals surface area contributed by atoms with Gasteiger partial charge in [-0.25, -0.2) is 26.3 Å². The van der Waals surface area contributed by atoms with Crippen LogP contribution in [-0.4, -0.2) is 0 Å². The van der Waals surface area contributed by atoms with Gasteiger partial charge < -0.3 is 4.74 Å². The Morgan fingerprint density at radius 1 is 0.739 bits per heavy atom. The van der Waals surface area contributed by atoms with Gasteiger partial charge in [-0.2, -0.15) is 14.0 Å². The summed E-state index contributed by atoms with van der Waals surface area (Å²) in [6, 6.07) is 10.3. The Labute approximate surface area is 260 Å². The molecule has 0 atom stereocenters. The molecule has 1 saturated carbocycles. The smallest absolute Gasteiger partial charge is 0.429 e. The van der Waals surface area contributed by atoms with E-state index in [1.54, 1.807) is 6.07 Å². The summed E-state index contributed by atoms with van der Waals surface area (Å²) in [6.45, 7) is 2.07. The van der Waals surface area contributed by atoms with Gasteiger partial charge in [0.25, 0.3) is 0 Å². The van der Waals surface area contributed by atoms with Crippen molar-refractivity contribution in [2.75, 3.05) is 0 Å². The molecule has 2 nitrogen and oxygen atoms in total. The second-order valence-corrected chi connectivity index (χ2v) is 11.2. The van der Waals surface area contributed by atoms with Gasteiger partial charge >= 0.3 is 6.11 Å². The van der Waals surface area contributed by atoms with E-state index in [-0.39, 0.29) is 22.6 Å². The zero-order chi connectivity index (χ0) is 33.2. The molecule has 0 aliphatic heterocycles. The second-order valence-electron chi connectivity index (χ2n) is 11.2. The van der Waals surface area contributed by atoms with Gasteiger partial charge in [0, 0.05) is 17.2 Å². The maximum absolute atomic E-state index is 15.2. The SMILES string of the molecule is CC/C=C/C1CCC(c2ccc(-c3cc(F)c(C(F)(F)Oc4ccc(-c5cc(F)c(C#N)c(F)c5)c(F)c4)c(F)c3)c(F)c2)CC1. The number of ether oxygens (including phenoxy) is 1. The minimum absolute atomic E-state index is 0.131. The van der Waals surface area contributed by atoms with Gasteiger partial charge in [0.1, 0.15) is 57.8 Å². The first-order valence-corrected chi connectivity index (χ1v) is 14.6. The number of rotatable bonds is 8. The fourth-order valence-electron chi connectivity index (χ4n) is 5.83. The first-order valence-electron chi connectivity index (χ1n) is 14.6. The van der Waals surface area contributed by atoms with Crippen molar-refractivity contribution in [1.29, 1.82) is 5.26 Å². The summed E-state index contributed by atoms with van der Waals surface area (Å²) in [6.07, 6.45) is 4.33. The predicted octanol–water partition coefficient (Wildman–Crippen LogP) is 11.1. The first-order chi connectivity index (χ1) is 21.9. The number of halogens is 8. The van der Waals surface area contributed by atoms with Crippen LogP contribution in [0.25, 0.3) is 22.3 Å². The summed E-state index contributed by atoms with van der Waals surface area (Å²) >= 11 is 0. The molecule has 0 bridgehead atoms. The molecule has 0 amide bonds. The standard InChI is InChI=1S/C36H27F8NO/c1-2-3-4-20-5-7-21(8-6-20)22-9-11-26(29(37)13-22)24-16-33(41)35(34(42)17-24)36(43,44)46-25-10-12-27(32(40)18-25)23-14-30(38)28(19-45)31(39)15-23/h3-4,9-18,20-21H,2,5-8H2,1H3/b4-3+. The third-order valence-corrected chi connectivity index (χ3v) is 8.18. The van der Waals surface area contributed by atoms with Crippen molar-refractivity contribution in [2.24, 2.45) is 5.92 Å². The minimum Gasteiger partial charge on any atom is -0.429 e. The number of nitriles is 1. The van der Waals surface area contributed by atoms with E-state index in [1.807, 2.05) is 0 Å². The normalized spacial score (nSPS) is 16.9. The van der Waals surface area contributed by atoms with Crippen LogP contribution in [0, 0.1) is 52.2 Å². The second kappa shape index (κ2) is 13.4. The Bertz CT molecular complexity index is 1790. The van der Waals surface area contributed by atoms with Crippen molar-refractivity contribution < 1.29 is 39.9 Å². The largest absolute Gasteiger partial charge is 0.432 e. The molecular weight excluding hydrogens is 614 g/mol. The molecule has 10 heteroatoms. The Morgan fingerprint density at radius 2 is 1.28 bits per heavy atom. The third-order valence-electron chi connectivity index (χ3n) is 8.18. The van der Waals surface area contributed by atoms with Gasteiger partial charge in [-0.05, 0) is 103 Å². The van der Waals surface area contributed by atoms with Crippen LogP contribution >= 0.6 is 0 Å². The number of hydrogen-bond acceptors (Lipinski definition) is 2. The van der Waals surface area contributed by atoms with Crippen molar-refractivity contribution in [3.63, 3.8) is 0 Å². The molecule has 4 aromatic carbocycles. The Balaban J connectivity index is 1.34. The Hall–Kier alpha value is -4.65. The van der Waals surface area contributed by atoms with Crippen LogP contribution in [-0.2, 0) is 6.11 Å². The Morgan fingerprint density at radius 3 is 1.80 bits per heavy atom. The highest BCUT2D eigenvalue weighted by Crippen LogP contribution is 2.40. The number of nitrogens with zero attached hydrogens (tertiary/aromatic N) is 1. The van der Waals surface area contributed by atoms with Gasteiger partial charge in [-0.15, -0.1) is 0 Å². The summed E-state index contributed by atoms with van der Waals surface area (Å²) in [7, 11) is 0. The van der Waals surface area contributed by atoms with Crippen molar-refractivity contribution in [3.05, 3.63) is 124 Å². The van der Waals surface area contributed by atoms with Crippen LogP contribution in [0.3, 0.4) is 0 Å². The van der Waals surface area contributed by atoms with Gasteiger partial charge in [0.2, 0.25) is 0 Å². The van der Waals surface area contributed by atoms with Crippen LogP contribution in [0.2, 0.25) is 0 Å². The molecule has 46 heavy (non-hydrogen) atoms. The van der Waals surface area contributed by atoms with E-state index in [2.05, 4.69) is 23.8 Å². The van der Waals surface area contributed by atoms with Crippen LogP contribution < -0.4 is 4.74 Å². The topological polar surface area (TPSA) is 33.0 Å². The molecule has 1 aliphatic carbocycles. The number of hydrogen-bond donors (Lipinski definition) is 0. The van der Waals surface area contributed by atoms with Crippen molar-refractivity contribution in [3.8, 4) is 34.1 Å². The van der Waals surface area contributed by atoms with Crippen LogP contribution in [0.1, 0.15) is 61.6 Å². The average molecular weight is 642 g/mol. The fraction of sp³-hybridized carbons (Fsp3) is 0.250. The molecular formula is C36H27F8NO. The monoisotopic (exact) mass is 641 g/mol.